The monoisotopic (exact) mass is 305 g/mol. The van der Waals surface area contributed by atoms with Crippen molar-refractivity contribution in [2.45, 2.75) is 26.3 Å². The maximum atomic E-state index is 11.8. The van der Waals surface area contributed by atoms with Crippen molar-refractivity contribution in [3.05, 3.63) is 50.8 Å². The molecule has 0 aliphatic rings. The zero-order valence-electron chi connectivity index (χ0n) is 13.4. The number of hydrogen-bond acceptors (Lipinski definition) is 4. The fraction of sp³-hybridized carbons (Fsp3) is 0.533. The molecule has 0 amide bonds. The molecule has 2 aromatic rings. The Morgan fingerprint density at radius 2 is 2.09 bits per heavy atom. The van der Waals surface area contributed by atoms with Crippen molar-refractivity contribution in [1.82, 2.24) is 24.0 Å². The number of imidazole rings is 1. The van der Waals surface area contributed by atoms with Gasteiger partial charge >= 0.3 is 5.69 Å². The van der Waals surface area contributed by atoms with E-state index in [2.05, 4.69) is 14.9 Å². The van der Waals surface area contributed by atoms with E-state index >= 15 is 0 Å². The maximum Gasteiger partial charge on any atom is 0.328 e. The largest absolute Gasteiger partial charge is 0.338 e. The lowest BCUT2D eigenvalue weighted by atomic mass is 10.3. The fourth-order valence-electron chi connectivity index (χ4n) is 2.37. The Hall–Kier alpha value is -2.15. The summed E-state index contributed by atoms with van der Waals surface area (Å²) in [4.78, 5) is 32.6. The predicted octanol–water partition coefficient (Wildman–Crippen LogP) is 0.143. The molecule has 2 aromatic heterocycles. The highest BCUT2D eigenvalue weighted by atomic mass is 16.2. The number of likely N-dealkylation sites (N-methyl/N-ethyl adjacent to an activating group) is 1. The first-order chi connectivity index (χ1) is 10.5. The Balaban J connectivity index is 1.81. The molecule has 7 nitrogen and oxygen atoms in total. The van der Waals surface area contributed by atoms with Crippen LogP contribution in [-0.2, 0) is 20.0 Å². The number of nitrogens with one attached hydrogen (secondary N) is 1. The molecule has 0 fully saturated rings. The van der Waals surface area contributed by atoms with E-state index in [0.29, 0.717) is 18.8 Å². The third-order valence-corrected chi connectivity index (χ3v) is 3.72. The Morgan fingerprint density at radius 1 is 1.32 bits per heavy atom. The highest BCUT2D eigenvalue weighted by molar-refractivity contribution is 4.96. The van der Waals surface area contributed by atoms with E-state index in [9.17, 15) is 9.59 Å². The van der Waals surface area contributed by atoms with Crippen LogP contribution in [0.3, 0.4) is 0 Å². The van der Waals surface area contributed by atoms with Gasteiger partial charge in [0, 0.05) is 50.7 Å². The van der Waals surface area contributed by atoms with Crippen LogP contribution in [0.15, 0.2) is 28.0 Å². The summed E-state index contributed by atoms with van der Waals surface area (Å²) >= 11 is 0. The zero-order valence-corrected chi connectivity index (χ0v) is 13.4. The number of rotatable bonds is 7. The number of aromatic amines is 1. The Bertz CT molecular complexity index is 697. The van der Waals surface area contributed by atoms with Crippen molar-refractivity contribution in [3.8, 4) is 0 Å². The van der Waals surface area contributed by atoms with Gasteiger partial charge in [0.05, 0.1) is 0 Å². The van der Waals surface area contributed by atoms with Crippen LogP contribution in [0.1, 0.15) is 17.9 Å². The summed E-state index contributed by atoms with van der Waals surface area (Å²) in [5.41, 5.74) is 0.00347. The second-order valence-electron chi connectivity index (χ2n) is 5.61. The zero-order chi connectivity index (χ0) is 16.1. The molecule has 0 spiro atoms. The molecule has 0 bridgehead atoms. The van der Waals surface area contributed by atoms with Gasteiger partial charge in [-0.15, -0.1) is 0 Å². The third-order valence-electron chi connectivity index (χ3n) is 3.72. The van der Waals surface area contributed by atoms with Crippen molar-refractivity contribution in [3.63, 3.8) is 0 Å². The van der Waals surface area contributed by atoms with Gasteiger partial charge in [-0.3, -0.25) is 9.36 Å². The molecule has 0 aromatic carbocycles. The van der Waals surface area contributed by atoms with Crippen LogP contribution < -0.4 is 11.2 Å². The van der Waals surface area contributed by atoms with E-state index in [4.69, 9.17) is 0 Å². The molecule has 2 rings (SSSR count). The molecule has 0 unspecified atom stereocenters. The highest BCUT2D eigenvalue weighted by Gasteiger charge is 2.05. The smallest absolute Gasteiger partial charge is 0.328 e. The van der Waals surface area contributed by atoms with Crippen LogP contribution >= 0.6 is 0 Å². The van der Waals surface area contributed by atoms with E-state index in [-0.39, 0.29) is 11.2 Å². The summed E-state index contributed by atoms with van der Waals surface area (Å²) in [7, 11) is 3.98. The van der Waals surface area contributed by atoms with E-state index in [1.54, 1.807) is 13.1 Å². The van der Waals surface area contributed by atoms with Gasteiger partial charge in [0.25, 0.3) is 5.56 Å². The molecule has 1 N–H and O–H groups in total. The van der Waals surface area contributed by atoms with Crippen molar-refractivity contribution < 1.29 is 0 Å². The van der Waals surface area contributed by atoms with Gasteiger partial charge in [-0.1, -0.05) is 0 Å². The molecule has 0 radical (unpaired) electrons. The predicted molar refractivity (Wildman–Crippen MR) is 85.1 cm³/mol. The van der Waals surface area contributed by atoms with Crippen molar-refractivity contribution >= 4 is 0 Å². The van der Waals surface area contributed by atoms with E-state index in [1.165, 1.54) is 10.6 Å². The van der Waals surface area contributed by atoms with Crippen LogP contribution in [0, 0.1) is 6.92 Å². The van der Waals surface area contributed by atoms with Crippen molar-refractivity contribution in [2.24, 2.45) is 7.05 Å². The minimum absolute atomic E-state index is 0.248. The van der Waals surface area contributed by atoms with E-state index in [1.807, 2.05) is 24.9 Å². The van der Waals surface area contributed by atoms with Crippen LogP contribution in [0.5, 0.6) is 0 Å². The van der Waals surface area contributed by atoms with Gasteiger partial charge in [-0.2, -0.15) is 0 Å². The fourth-order valence-corrected chi connectivity index (χ4v) is 2.37. The van der Waals surface area contributed by atoms with Crippen LogP contribution in [0.2, 0.25) is 0 Å². The molecule has 0 saturated heterocycles. The third kappa shape index (κ3) is 4.17. The standard InChI is InChI=1S/C15H23N5O2/c1-12-11-14(21)20(15(22)17-12)10-9-18(2)7-4-5-13-16-6-8-19(13)3/h6,8,11H,4-5,7,9-10H2,1-3H3,(H,17,22). The molecule has 0 aliphatic heterocycles. The number of aromatic nitrogens is 4. The maximum absolute atomic E-state index is 11.8. The summed E-state index contributed by atoms with van der Waals surface area (Å²) in [5.74, 6) is 1.07. The first-order valence-electron chi connectivity index (χ1n) is 7.43. The Labute approximate surface area is 129 Å². The summed E-state index contributed by atoms with van der Waals surface area (Å²) in [6.07, 6.45) is 5.64. The average Bonchev–Trinajstić information content (AvgIpc) is 2.83. The molecule has 120 valence electrons. The summed E-state index contributed by atoms with van der Waals surface area (Å²) < 4.78 is 3.26. The molecule has 0 aliphatic carbocycles. The second kappa shape index (κ2) is 7.22. The van der Waals surface area contributed by atoms with Crippen LogP contribution in [0.4, 0.5) is 0 Å². The lowest BCUT2D eigenvalue weighted by Gasteiger charge is -2.16. The van der Waals surface area contributed by atoms with Crippen LogP contribution in [-0.4, -0.2) is 44.1 Å². The number of aryl methyl sites for hydroxylation is 3. The second-order valence-corrected chi connectivity index (χ2v) is 5.61. The first kappa shape index (κ1) is 16.2. The topological polar surface area (TPSA) is 75.9 Å². The van der Waals surface area contributed by atoms with Gasteiger partial charge in [-0.05, 0) is 26.9 Å². The van der Waals surface area contributed by atoms with Crippen molar-refractivity contribution in [1.29, 1.82) is 0 Å². The molecule has 22 heavy (non-hydrogen) atoms. The number of H-pyrrole nitrogens is 1. The quantitative estimate of drug-likeness (QED) is 0.790. The molecular weight excluding hydrogens is 282 g/mol. The minimum Gasteiger partial charge on any atom is -0.338 e. The number of nitrogens with zero attached hydrogens (tertiary/aromatic N) is 4. The summed E-state index contributed by atoms with van der Waals surface area (Å²) in [6, 6.07) is 1.45. The summed E-state index contributed by atoms with van der Waals surface area (Å²) in [6.45, 7) is 3.65. The minimum atomic E-state index is -0.341. The molecule has 2 heterocycles. The van der Waals surface area contributed by atoms with Gasteiger partial charge in [0.2, 0.25) is 0 Å². The van der Waals surface area contributed by atoms with E-state index in [0.717, 1.165) is 25.2 Å². The molecule has 0 saturated carbocycles. The van der Waals surface area contributed by atoms with E-state index < -0.39 is 0 Å². The van der Waals surface area contributed by atoms with Gasteiger partial charge in [0.1, 0.15) is 5.82 Å². The molecule has 0 atom stereocenters. The SMILES string of the molecule is Cc1cc(=O)n(CCN(C)CCCc2nccn2C)c(=O)[nH]1. The Kier molecular flexibility index (Phi) is 5.32. The van der Waals surface area contributed by atoms with Crippen LogP contribution in [0.25, 0.3) is 0 Å². The summed E-state index contributed by atoms with van der Waals surface area (Å²) in [5, 5.41) is 0. The normalized spacial score (nSPS) is 11.3. The van der Waals surface area contributed by atoms with Gasteiger partial charge in [-0.25, -0.2) is 9.78 Å². The van der Waals surface area contributed by atoms with Gasteiger partial charge < -0.3 is 14.5 Å². The first-order valence-corrected chi connectivity index (χ1v) is 7.43. The van der Waals surface area contributed by atoms with Crippen molar-refractivity contribution in [2.75, 3.05) is 20.1 Å². The molecule has 7 heteroatoms. The lowest BCUT2D eigenvalue weighted by molar-refractivity contribution is 0.309. The lowest BCUT2D eigenvalue weighted by Crippen LogP contribution is -2.38. The van der Waals surface area contributed by atoms with Gasteiger partial charge in [0.15, 0.2) is 0 Å². The average molecular weight is 305 g/mol. The number of hydrogen-bond donors (Lipinski definition) is 1. The molecular formula is C15H23N5O2. The Morgan fingerprint density at radius 3 is 2.73 bits per heavy atom. The highest BCUT2D eigenvalue weighted by Crippen LogP contribution is 2.00.